The number of carbonyl (C=O) groups excluding carboxylic acids is 1. The maximum absolute atomic E-state index is 13.3. The second kappa shape index (κ2) is 9.09. The molecule has 0 aliphatic rings. The lowest BCUT2D eigenvalue weighted by atomic mass is 10.1. The average Bonchev–Trinajstić information content (AvgIpc) is 3.22. The number of amides is 1. The van der Waals surface area contributed by atoms with Crippen LogP contribution in [0.3, 0.4) is 0 Å². The molecule has 152 valence electrons. The molecule has 4 rings (SSSR count). The Morgan fingerprint density at radius 2 is 1.67 bits per heavy atom. The number of carbonyl (C=O) groups is 1. The van der Waals surface area contributed by atoms with Crippen LogP contribution < -0.4 is 9.64 Å². The van der Waals surface area contributed by atoms with Crippen LogP contribution in [0.2, 0.25) is 0 Å². The van der Waals surface area contributed by atoms with Gasteiger partial charge in [-0.25, -0.2) is 4.98 Å². The summed E-state index contributed by atoms with van der Waals surface area (Å²) >= 11 is 1.54. The lowest BCUT2D eigenvalue weighted by molar-refractivity contribution is -0.117. The first-order chi connectivity index (χ1) is 14.7. The third-order valence-electron chi connectivity index (χ3n) is 5.11. The van der Waals surface area contributed by atoms with Crippen molar-refractivity contribution in [3.63, 3.8) is 0 Å². The molecule has 0 N–H and O–H groups in total. The largest absolute Gasteiger partial charge is 0.497 e. The van der Waals surface area contributed by atoms with Crippen molar-refractivity contribution in [3.8, 4) is 5.75 Å². The molecule has 5 heteroatoms. The van der Waals surface area contributed by atoms with Gasteiger partial charge in [0.2, 0.25) is 5.91 Å². The van der Waals surface area contributed by atoms with Crippen LogP contribution in [0.1, 0.15) is 24.5 Å². The summed E-state index contributed by atoms with van der Waals surface area (Å²) in [5.74, 6) is 0.853. The van der Waals surface area contributed by atoms with Crippen molar-refractivity contribution < 1.29 is 9.53 Å². The van der Waals surface area contributed by atoms with Crippen LogP contribution >= 0.6 is 11.3 Å². The smallest absolute Gasteiger partial charge is 0.233 e. The van der Waals surface area contributed by atoms with E-state index in [9.17, 15) is 4.79 Å². The minimum atomic E-state index is 0.0362. The fraction of sp³-hybridized carbons (Fsp3) is 0.200. The van der Waals surface area contributed by atoms with Gasteiger partial charge in [0.1, 0.15) is 5.75 Å². The number of anilines is 2. The van der Waals surface area contributed by atoms with Crippen LogP contribution in [0.15, 0.2) is 72.8 Å². The molecule has 0 fully saturated rings. The standard InChI is InChI=1S/C25H24N2O2S/c1-3-18-8-13-20(14-9-18)27(25-26-22-6-4-5-7-23(22)30-25)24(28)17-12-19-10-15-21(29-2)16-11-19/h4-11,13-16H,3,12,17H2,1-2H3. The number of thiazole rings is 1. The summed E-state index contributed by atoms with van der Waals surface area (Å²) < 4.78 is 6.29. The van der Waals surface area contributed by atoms with E-state index < -0.39 is 0 Å². The summed E-state index contributed by atoms with van der Waals surface area (Å²) in [5, 5.41) is 0.708. The molecule has 0 saturated heterocycles. The van der Waals surface area contributed by atoms with Crippen molar-refractivity contribution >= 4 is 38.3 Å². The van der Waals surface area contributed by atoms with E-state index in [-0.39, 0.29) is 5.91 Å². The Morgan fingerprint density at radius 3 is 2.33 bits per heavy atom. The third kappa shape index (κ3) is 4.36. The number of aromatic nitrogens is 1. The van der Waals surface area contributed by atoms with Crippen LogP contribution in [-0.4, -0.2) is 18.0 Å². The molecule has 0 radical (unpaired) electrons. The number of hydrogen-bond donors (Lipinski definition) is 0. The molecule has 30 heavy (non-hydrogen) atoms. The Labute approximate surface area is 180 Å². The molecule has 0 aliphatic carbocycles. The first kappa shape index (κ1) is 20.1. The van der Waals surface area contributed by atoms with E-state index in [0.29, 0.717) is 18.0 Å². The fourth-order valence-electron chi connectivity index (χ4n) is 3.35. The molecule has 0 saturated carbocycles. The zero-order chi connectivity index (χ0) is 20.9. The van der Waals surface area contributed by atoms with Crippen molar-refractivity contribution in [1.82, 2.24) is 4.98 Å². The first-order valence-electron chi connectivity index (χ1n) is 10.1. The Morgan fingerprint density at radius 1 is 0.967 bits per heavy atom. The first-order valence-corrected chi connectivity index (χ1v) is 10.9. The molecular formula is C25H24N2O2S. The van der Waals surface area contributed by atoms with E-state index in [1.165, 1.54) is 5.56 Å². The highest BCUT2D eigenvalue weighted by molar-refractivity contribution is 7.22. The Balaban J connectivity index is 1.62. The molecular weight excluding hydrogens is 392 g/mol. The van der Waals surface area contributed by atoms with Gasteiger partial charge in [0, 0.05) is 6.42 Å². The van der Waals surface area contributed by atoms with Crippen LogP contribution in [0.5, 0.6) is 5.75 Å². The number of aryl methyl sites for hydroxylation is 2. The zero-order valence-electron chi connectivity index (χ0n) is 17.2. The summed E-state index contributed by atoms with van der Waals surface area (Å²) in [7, 11) is 1.65. The fourth-order valence-corrected chi connectivity index (χ4v) is 4.36. The molecule has 4 nitrogen and oxygen atoms in total. The lowest BCUT2D eigenvalue weighted by Gasteiger charge is -2.20. The summed E-state index contributed by atoms with van der Waals surface area (Å²) in [6, 6.07) is 24.0. The van der Waals surface area contributed by atoms with E-state index >= 15 is 0 Å². The average molecular weight is 417 g/mol. The SMILES string of the molecule is CCc1ccc(N(C(=O)CCc2ccc(OC)cc2)c2nc3ccccc3s2)cc1. The highest BCUT2D eigenvalue weighted by Gasteiger charge is 2.21. The van der Waals surface area contributed by atoms with Gasteiger partial charge in [-0.2, -0.15) is 0 Å². The Hall–Kier alpha value is -3.18. The van der Waals surface area contributed by atoms with Gasteiger partial charge in [-0.15, -0.1) is 0 Å². The van der Waals surface area contributed by atoms with Gasteiger partial charge in [-0.05, 0) is 60.4 Å². The van der Waals surface area contributed by atoms with Crippen LogP contribution in [-0.2, 0) is 17.6 Å². The number of nitrogens with zero attached hydrogens (tertiary/aromatic N) is 2. The van der Waals surface area contributed by atoms with E-state index in [4.69, 9.17) is 9.72 Å². The molecule has 0 bridgehead atoms. The van der Waals surface area contributed by atoms with Gasteiger partial charge in [0.15, 0.2) is 5.13 Å². The minimum absolute atomic E-state index is 0.0362. The molecule has 3 aromatic carbocycles. The van der Waals surface area contributed by atoms with E-state index in [0.717, 1.165) is 33.6 Å². The highest BCUT2D eigenvalue weighted by Crippen LogP contribution is 2.34. The van der Waals surface area contributed by atoms with Crippen molar-refractivity contribution in [2.24, 2.45) is 0 Å². The molecule has 4 aromatic rings. The van der Waals surface area contributed by atoms with Gasteiger partial charge in [-0.1, -0.05) is 54.7 Å². The molecule has 0 atom stereocenters. The summed E-state index contributed by atoms with van der Waals surface area (Å²) in [6.45, 7) is 2.13. The quantitative estimate of drug-likeness (QED) is 0.362. The number of hydrogen-bond acceptors (Lipinski definition) is 4. The van der Waals surface area contributed by atoms with Crippen molar-refractivity contribution in [3.05, 3.63) is 83.9 Å². The van der Waals surface area contributed by atoms with Gasteiger partial charge in [0.05, 0.1) is 23.0 Å². The predicted octanol–water partition coefficient (Wildman–Crippen LogP) is 6.16. The van der Waals surface area contributed by atoms with E-state index in [1.54, 1.807) is 23.3 Å². The Bertz CT molecular complexity index is 1100. The van der Waals surface area contributed by atoms with Crippen molar-refractivity contribution in [2.45, 2.75) is 26.2 Å². The number of benzene rings is 3. The molecule has 0 unspecified atom stereocenters. The summed E-state index contributed by atoms with van der Waals surface area (Å²) in [4.78, 5) is 19.8. The third-order valence-corrected chi connectivity index (χ3v) is 6.13. The number of methoxy groups -OCH3 is 1. The number of ether oxygens (including phenoxy) is 1. The molecule has 0 aliphatic heterocycles. The lowest BCUT2D eigenvalue weighted by Crippen LogP contribution is -2.26. The summed E-state index contributed by atoms with van der Waals surface area (Å²) in [6.07, 6.45) is 2.03. The molecule has 1 aromatic heterocycles. The maximum atomic E-state index is 13.3. The second-order valence-electron chi connectivity index (χ2n) is 7.06. The van der Waals surface area contributed by atoms with Crippen LogP contribution in [0.4, 0.5) is 10.8 Å². The van der Waals surface area contributed by atoms with Gasteiger partial charge < -0.3 is 4.74 Å². The topological polar surface area (TPSA) is 42.4 Å². The number of para-hydroxylation sites is 1. The van der Waals surface area contributed by atoms with Crippen LogP contribution in [0, 0.1) is 0 Å². The zero-order valence-corrected chi connectivity index (χ0v) is 18.0. The Kier molecular flexibility index (Phi) is 6.10. The van der Waals surface area contributed by atoms with Gasteiger partial charge in [0.25, 0.3) is 0 Å². The van der Waals surface area contributed by atoms with Gasteiger partial charge in [-0.3, -0.25) is 9.69 Å². The van der Waals surface area contributed by atoms with Crippen LogP contribution in [0.25, 0.3) is 10.2 Å². The van der Waals surface area contributed by atoms with E-state index in [2.05, 4.69) is 19.1 Å². The number of rotatable bonds is 7. The minimum Gasteiger partial charge on any atom is -0.497 e. The number of fused-ring (bicyclic) bond motifs is 1. The van der Waals surface area contributed by atoms with Crippen molar-refractivity contribution in [1.29, 1.82) is 0 Å². The normalized spacial score (nSPS) is 10.9. The molecule has 0 spiro atoms. The highest BCUT2D eigenvalue weighted by atomic mass is 32.1. The predicted molar refractivity (Wildman–Crippen MR) is 124 cm³/mol. The van der Waals surface area contributed by atoms with E-state index in [1.807, 2.05) is 60.7 Å². The summed E-state index contributed by atoms with van der Waals surface area (Å²) in [5.41, 5.74) is 4.12. The van der Waals surface area contributed by atoms with Gasteiger partial charge >= 0.3 is 0 Å². The monoisotopic (exact) mass is 416 g/mol. The second-order valence-corrected chi connectivity index (χ2v) is 8.07. The maximum Gasteiger partial charge on any atom is 0.233 e. The van der Waals surface area contributed by atoms with Crippen molar-refractivity contribution in [2.75, 3.05) is 12.0 Å². The molecule has 1 amide bonds. The molecule has 1 heterocycles.